The summed E-state index contributed by atoms with van der Waals surface area (Å²) < 4.78 is 5.96. The van der Waals surface area contributed by atoms with E-state index in [4.69, 9.17) is 4.74 Å². The van der Waals surface area contributed by atoms with Gasteiger partial charge in [0.25, 0.3) is 0 Å². The number of ketones is 1. The minimum Gasteiger partial charge on any atom is -0.507 e. The maximum Gasteiger partial charge on any atom is 0.232 e. The Morgan fingerprint density at radius 1 is 1.19 bits per heavy atom. The third-order valence-corrected chi connectivity index (χ3v) is 6.34. The molecule has 0 radical (unpaired) electrons. The molecule has 0 amide bonds. The lowest BCUT2D eigenvalue weighted by Gasteiger charge is -2.34. The fourth-order valence-corrected chi connectivity index (χ4v) is 4.44. The number of Topliss-reactive ketones (excluding diaryl/α,β-unsaturated/α-hetero) is 1. The summed E-state index contributed by atoms with van der Waals surface area (Å²) in [5, 5.41) is 12.4. The van der Waals surface area contributed by atoms with E-state index in [-0.39, 0.29) is 11.5 Å². The highest BCUT2D eigenvalue weighted by atomic mass is 32.1. The van der Waals surface area contributed by atoms with E-state index in [1.165, 1.54) is 0 Å². The van der Waals surface area contributed by atoms with Crippen molar-refractivity contribution in [2.24, 2.45) is 0 Å². The molecule has 3 heterocycles. The first-order valence-electron chi connectivity index (χ1n) is 9.34. The van der Waals surface area contributed by atoms with Gasteiger partial charge in [0.1, 0.15) is 11.5 Å². The summed E-state index contributed by atoms with van der Waals surface area (Å²) >= 11 is 1.58. The molecular formula is C21H24N2O3S. The third kappa shape index (κ3) is 3.52. The predicted octanol–water partition coefficient (Wildman–Crippen LogP) is 3.52. The Morgan fingerprint density at radius 2 is 1.93 bits per heavy atom. The lowest BCUT2D eigenvalue weighted by Crippen LogP contribution is -2.45. The van der Waals surface area contributed by atoms with Gasteiger partial charge in [-0.3, -0.25) is 9.69 Å². The second-order valence-corrected chi connectivity index (χ2v) is 8.01. The lowest BCUT2D eigenvalue weighted by atomic mass is 10.0. The van der Waals surface area contributed by atoms with Gasteiger partial charge in [-0.1, -0.05) is 6.92 Å². The molecule has 5 nitrogen and oxygen atoms in total. The van der Waals surface area contributed by atoms with Crippen molar-refractivity contribution in [2.75, 3.05) is 32.7 Å². The molecule has 2 aromatic rings. The number of rotatable bonds is 4. The highest BCUT2D eigenvalue weighted by molar-refractivity contribution is 7.11. The van der Waals surface area contributed by atoms with Gasteiger partial charge in [-0.15, -0.1) is 11.3 Å². The number of likely N-dealkylation sites (N-methyl/N-ethyl adjacent to an activating group) is 1. The number of hydrogen-bond donors (Lipinski definition) is 1. The van der Waals surface area contributed by atoms with Crippen LogP contribution in [-0.2, 0) is 6.54 Å². The minimum absolute atomic E-state index is 0.116. The van der Waals surface area contributed by atoms with Gasteiger partial charge in [0.05, 0.1) is 11.1 Å². The quantitative estimate of drug-likeness (QED) is 0.818. The van der Waals surface area contributed by atoms with Crippen LogP contribution < -0.4 is 4.74 Å². The molecule has 0 saturated carbocycles. The van der Waals surface area contributed by atoms with Crippen LogP contribution in [0.2, 0.25) is 0 Å². The van der Waals surface area contributed by atoms with E-state index in [1.54, 1.807) is 23.5 Å². The number of aryl methyl sites for hydroxylation is 1. The normalized spacial score (nSPS) is 19.5. The molecule has 0 aliphatic carbocycles. The number of fused-ring (bicyclic) bond motifs is 1. The van der Waals surface area contributed by atoms with E-state index in [1.807, 2.05) is 24.4 Å². The molecule has 2 aliphatic rings. The number of thiophene rings is 1. The first kappa shape index (κ1) is 18.2. The van der Waals surface area contributed by atoms with Crippen molar-refractivity contribution < 1.29 is 14.6 Å². The predicted molar refractivity (Wildman–Crippen MR) is 107 cm³/mol. The SMILES string of the molecule is CCN1CCN(Cc2c(O)ccc3c2O/C(=C\c2sccc2C)C3=O)CC1. The topological polar surface area (TPSA) is 53.0 Å². The fraction of sp³-hybridized carbons (Fsp3) is 0.381. The number of phenolic OH excluding ortho intramolecular Hbond substituents is 1. The molecule has 1 aromatic heterocycles. The highest BCUT2D eigenvalue weighted by Crippen LogP contribution is 2.40. The van der Waals surface area contributed by atoms with Crippen molar-refractivity contribution in [3.63, 3.8) is 0 Å². The summed E-state index contributed by atoms with van der Waals surface area (Å²) in [6, 6.07) is 5.29. The molecule has 6 heteroatoms. The average molecular weight is 385 g/mol. The van der Waals surface area contributed by atoms with Crippen LogP contribution in [0.15, 0.2) is 29.3 Å². The number of carbonyl (C=O) groups excluding carboxylic acids is 1. The molecule has 2 aliphatic heterocycles. The first-order chi connectivity index (χ1) is 13.1. The van der Waals surface area contributed by atoms with Crippen LogP contribution >= 0.6 is 11.3 Å². The van der Waals surface area contributed by atoms with E-state index in [0.717, 1.165) is 43.2 Å². The van der Waals surface area contributed by atoms with Gasteiger partial charge < -0.3 is 14.7 Å². The smallest absolute Gasteiger partial charge is 0.232 e. The number of nitrogens with zero attached hydrogens (tertiary/aromatic N) is 2. The van der Waals surface area contributed by atoms with Gasteiger partial charge in [0, 0.05) is 43.7 Å². The maximum atomic E-state index is 12.8. The van der Waals surface area contributed by atoms with Crippen molar-refractivity contribution in [3.05, 3.63) is 50.9 Å². The second-order valence-electron chi connectivity index (χ2n) is 7.06. The molecule has 1 aromatic carbocycles. The first-order valence-corrected chi connectivity index (χ1v) is 10.2. The number of piperazine rings is 1. The molecule has 0 atom stereocenters. The van der Waals surface area contributed by atoms with Crippen LogP contribution in [0, 0.1) is 6.92 Å². The van der Waals surface area contributed by atoms with Gasteiger partial charge in [0.15, 0.2) is 5.76 Å². The maximum absolute atomic E-state index is 12.8. The summed E-state index contributed by atoms with van der Waals surface area (Å²) in [6.07, 6.45) is 1.81. The Bertz CT molecular complexity index is 895. The van der Waals surface area contributed by atoms with Gasteiger partial charge in [-0.2, -0.15) is 0 Å². The van der Waals surface area contributed by atoms with Gasteiger partial charge in [-0.05, 0) is 42.6 Å². The number of phenols is 1. The summed E-state index contributed by atoms with van der Waals surface area (Å²) in [4.78, 5) is 18.5. The molecule has 1 fully saturated rings. The molecule has 0 unspecified atom stereocenters. The number of aromatic hydroxyl groups is 1. The van der Waals surface area contributed by atoms with E-state index < -0.39 is 0 Å². The zero-order valence-corrected chi connectivity index (χ0v) is 16.5. The van der Waals surface area contributed by atoms with Crippen LogP contribution in [0.25, 0.3) is 6.08 Å². The van der Waals surface area contributed by atoms with Crippen molar-refractivity contribution in [3.8, 4) is 11.5 Å². The van der Waals surface area contributed by atoms with Crippen molar-refractivity contribution in [2.45, 2.75) is 20.4 Å². The molecule has 4 rings (SSSR count). The average Bonchev–Trinajstić information content (AvgIpc) is 3.22. The second kappa shape index (κ2) is 7.46. The monoisotopic (exact) mass is 384 g/mol. The summed E-state index contributed by atoms with van der Waals surface area (Å²) in [6.45, 7) is 9.78. The Labute approximate surface area is 163 Å². The van der Waals surface area contributed by atoms with Crippen LogP contribution in [0.1, 0.15) is 33.3 Å². The van der Waals surface area contributed by atoms with Crippen LogP contribution in [0.5, 0.6) is 11.5 Å². The zero-order chi connectivity index (χ0) is 19.0. The van der Waals surface area contributed by atoms with Gasteiger partial charge in [-0.25, -0.2) is 0 Å². The molecule has 0 bridgehead atoms. The van der Waals surface area contributed by atoms with Crippen LogP contribution in [-0.4, -0.2) is 53.4 Å². The Hall–Kier alpha value is -2.15. The van der Waals surface area contributed by atoms with Gasteiger partial charge >= 0.3 is 0 Å². The molecule has 1 N–H and O–H groups in total. The fourth-order valence-electron chi connectivity index (χ4n) is 3.59. The number of ether oxygens (including phenoxy) is 1. The Morgan fingerprint density at radius 3 is 2.59 bits per heavy atom. The number of carbonyl (C=O) groups is 1. The van der Waals surface area contributed by atoms with E-state index in [0.29, 0.717) is 29.2 Å². The van der Waals surface area contributed by atoms with Crippen LogP contribution in [0.3, 0.4) is 0 Å². The number of hydrogen-bond acceptors (Lipinski definition) is 6. The molecule has 1 saturated heterocycles. The van der Waals surface area contributed by atoms with Crippen molar-refractivity contribution in [1.29, 1.82) is 0 Å². The van der Waals surface area contributed by atoms with Gasteiger partial charge in [0.2, 0.25) is 5.78 Å². The molecule has 142 valence electrons. The van der Waals surface area contributed by atoms with E-state index in [2.05, 4.69) is 16.7 Å². The molecular weight excluding hydrogens is 360 g/mol. The highest BCUT2D eigenvalue weighted by Gasteiger charge is 2.32. The summed E-state index contributed by atoms with van der Waals surface area (Å²) in [5.41, 5.74) is 2.37. The standard InChI is InChI=1S/C21H24N2O3S/c1-3-22-7-9-23(10-8-22)13-16-17(24)5-4-15-20(25)18(26-21(15)16)12-19-14(2)6-11-27-19/h4-6,11-12,24H,3,7-10,13H2,1-2H3/b18-12-. The largest absolute Gasteiger partial charge is 0.507 e. The number of allylic oxidation sites excluding steroid dienone is 1. The summed E-state index contributed by atoms with van der Waals surface area (Å²) in [7, 11) is 0. The van der Waals surface area contributed by atoms with Crippen molar-refractivity contribution >= 4 is 23.2 Å². The third-order valence-electron chi connectivity index (χ3n) is 5.37. The summed E-state index contributed by atoms with van der Waals surface area (Å²) in [5.74, 6) is 0.916. The lowest BCUT2D eigenvalue weighted by molar-refractivity contribution is 0.101. The zero-order valence-electron chi connectivity index (χ0n) is 15.7. The van der Waals surface area contributed by atoms with E-state index >= 15 is 0 Å². The van der Waals surface area contributed by atoms with Crippen molar-refractivity contribution in [1.82, 2.24) is 9.80 Å². The number of benzene rings is 1. The molecule has 27 heavy (non-hydrogen) atoms. The Kier molecular flexibility index (Phi) is 5.04. The van der Waals surface area contributed by atoms with Crippen LogP contribution in [0.4, 0.5) is 0 Å². The Balaban J connectivity index is 1.59. The molecule has 0 spiro atoms. The van der Waals surface area contributed by atoms with E-state index in [9.17, 15) is 9.90 Å². The minimum atomic E-state index is -0.116.